The Morgan fingerprint density at radius 1 is 1.29 bits per heavy atom. The molecule has 0 radical (unpaired) electrons. The summed E-state index contributed by atoms with van der Waals surface area (Å²) in [6.45, 7) is 2.77. The number of nitrogens with zero attached hydrogens (tertiary/aromatic N) is 2. The molecule has 0 saturated carbocycles. The van der Waals surface area contributed by atoms with Gasteiger partial charge in [0, 0.05) is 10.2 Å². The van der Waals surface area contributed by atoms with Crippen LogP contribution in [0.25, 0.3) is 0 Å². The highest BCUT2D eigenvalue weighted by Gasteiger charge is 2.29. The highest BCUT2D eigenvalue weighted by Crippen LogP contribution is 2.35. The van der Waals surface area contributed by atoms with Gasteiger partial charge < -0.3 is 10.6 Å². The summed E-state index contributed by atoms with van der Waals surface area (Å²) in [5, 5.41) is 0.681. The molecular weight excluding hydrogens is 350 g/mol. The SMILES string of the molecule is Cc1ccccc1C1CN=C(N)N1c1ccc(Cl)c(Br)c1. The number of anilines is 1. The van der Waals surface area contributed by atoms with Crippen molar-refractivity contribution in [1.29, 1.82) is 0 Å². The van der Waals surface area contributed by atoms with Gasteiger partial charge in [-0.2, -0.15) is 0 Å². The zero-order valence-electron chi connectivity index (χ0n) is 11.6. The van der Waals surface area contributed by atoms with E-state index in [4.69, 9.17) is 17.3 Å². The first-order valence-corrected chi connectivity index (χ1v) is 7.85. The van der Waals surface area contributed by atoms with Gasteiger partial charge >= 0.3 is 0 Å². The molecule has 1 heterocycles. The molecule has 1 unspecified atom stereocenters. The van der Waals surface area contributed by atoms with Gasteiger partial charge in [0.05, 0.1) is 17.6 Å². The van der Waals surface area contributed by atoms with Gasteiger partial charge in [-0.05, 0) is 52.2 Å². The van der Waals surface area contributed by atoms with Crippen molar-refractivity contribution in [2.24, 2.45) is 10.7 Å². The maximum Gasteiger partial charge on any atom is 0.196 e. The number of nitrogens with two attached hydrogens (primary N) is 1. The van der Waals surface area contributed by atoms with Crippen molar-refractivity contribution in [2.45, 2.75) is 13.0 Å². The summed E-state index contributed by atoms with van der Waals surface area (Å²) in [6, 6.07) is 14.3. The molecule has 0 bridgehead atoms. The van der Waals surface area contributed by atoms with E-state index >= 15 is 0 Å². The van der Waals surface area contributed by atoms with E-state index in [0.29, 0.717) is 17.5 Å². The summed E-state index contributed by atoms with van der Waals surface area (Å²) < 4.78 is 0.852. The molecule has 1 aliphatic rings. The lowest BCUT2D eigenvalue weighted by Crippen LogP contribution is -2.36. The van der Waals surface area contributed by atoms with Crippen LogP contribution < -0.4 is 10.6 Å². The van der Waals surface area contributed by atoms with Crippen LogP contribution in [0.5, 0.6) is 0 Å². The van der Waals surface area contributed by atoms with E-state index in [2.05, 4.69) is 44.9 Å². The fourth-order valence-corrected chi connectivity index (χ4v) is 3.13. The van der Waals surface area contributed by atoms with Gasteiger partial charge in [-0.15, -0.1) is 0 Å². The molecule has 108 valence electrons. The van der Waals surface area contributed by atoms with Crippen molar-refractivity contribution in [1.82, 2.24) is 0 Å². The van der Waals surface area contributed by atoms with Gasteiger partial charge in [0.1, 0.15) is 0 Å². The van der Waals surface area contributed by atoms with Crippen LogP contribution in [0.15, 0.2) is 51.9 Å². The highest BCUT2D eigenvalue weighted by atomic mass is 79.9. The van der Waals surface area contributed by atoms with Crippen LogP contribution in [-0.2, 0) is 0 Å². The van der Waals surface area contributed by atoms with E-state index in [9.17, 15) is 0 Å². The zero-order valence-corrected chi connectivity index (χ0v) is 13.9. The van der Waals surface area contributed by atoms with Crippen LogP contribution in [-0.4, -0.2) is 12.5 Å². The number of hydrogen-bond donors (Lipinski definition) is 1. The Morgan fingerprint density at radius 3 is 2.76 bits per heavy atom. The first-order chi connectivity index (χ1) is 10.1. The molecule has 21 heavy (non-hydrogen) atoms. The molecule has 2 N–H and O–H groups in total. The predicted molar refractivity (Wildman–Crippen MR) is 92.0 cm³/mol. The molecule has 0 spiro atoms. The summed E-state index contributed by atoms with van der Waals surface area (Å²) in [6.07, 6.45) is 0. The first-order valence-electron chi connectivity index (χ1n) is 6.67. The molecular formula is C16H15BrClN3. The standard InChI is InChI=1S/C16H15BrClN3/c1-10-4-2-3-5-12(10)15-9-20-16(19)21(15)11-6-7-14(18)13(17)8-11/h2-8,15H,9H2,1H3,(H2,19,20). The maximum atomic E-state index is 6.10. The first kappa shape index (κ1) is 14.4. The fraction of sp³-hybridized carbons (Fsp3) is 0.188. The van der Waals surface area contributed by atoms with Crippen LogP contribution in [0.2, 0.25) is 5.02 Å². The normalized spacial score (nSPS) is 18.0. The van der Waals surface area contributed by atoms with Crippen molar-refractivity contribution >= 4 is 39.2 Å². The largest absolute Gasteiger partial charge is 0.369 e. The van der Waals surface area contributed by atoms with Gasteiger partial charge in [0.25, 0.3) is 0 Å². The van der Waals surface area contributed by atoms with Gasteiger partial charge in [-0.3, -0.25) is 4.99 Å². The minimum Gasteiger partial charge on any atom is -0.369 e. The minimum absolute atomic E-state index is 0.124. The number of rotatable bonds is 2. The lowest BCUT2D eigenvalue weighted by molar-refractivity contribution is 0.762. The second kappa shape index (κ2) is 5.70. The van der Waals surface area contributed by atoms with Crippen LogP contribution in [0.3, 0.4) is 0 Å². The number of halogens is 2. The number of guanidine groups is 1. The molecule has 0 amide bonds. The summed E-state index contributed by atoms with van der Waals surface area (Å²) >= 11 is 9.54. The Hall–Kier alpha value is -1.52. The molecule has 2 aromatic rings. The van der Waals surface area contributed by atoms with E-state index in [1.165, 1.54) is 11.1 Å². The topological polar surface area (TPSA) is 41.6 Å². The van der Waals surface area contributed by atoms with Crippen molar-refractivity contribution in [3.8, 4) is 0 Å². The molecule has 1 atom stereocenters. The maximum absolute atomic E-state index is 6.10. The number of benzene rings is 2. The molecule has 0 saturated heterocycles. The summed E-state index contributed by atoms with van der Waals surface area (Å²) in [7, 11) is 0. The highest BCUT2D eigenvalue weighted by molar-refractivity contribution is 9.10. The van der Waals surface area contributed by atoms with Crippen LogP contribution in [0, 0.1) is 6.92 Å². The minimum atomic E-state index is 0.124. The monoisotopic (exact) mass is 363 g/mol. The average molecular weight is 365 g/mol. The molecule has 0 fully saturated rings. The molecule has 2 aromatic carbocycles. The van der Waals surface area contributed by atoms with Crippen molar-refractivity contribution < 1.29 is 0 Å². The number of aliphatic imine (C=N–C) groups is 1. The third-order valence-electron chi connectivity index (χ3n) is 3.71. The van der Waals surface area contributed by atoms with Crippen molar-refractivity contribution in [3.05, 3.63) is 63.1 Å². The van der Waals surface area contributed by atoms with E-state index in [0.717, 1.165) is 10.2 Å². The fourth-order valence-electron chi connectivity index (χ4n) is 2.64. The summed E-state index contributed by atoms with van der Waals surface area (Å²) in [5.74, 6) is 0.539. The van der Waals surface area contributed by atoms with E-state index in [1.54, 1.807) is 0 Å². The van der Waals surface area contributed by atoms with E-state index < -0.39 is 0 Å². The van der Waals surface area contributed by atoms with Crippen LogP contribution in [0.4, 0.5) is 5.69 Å². The van der Waals surface area contributed by atoms with E-state index in [-0.39, 0.29) is 6.04 Å². The number of aryl methyl sites for hydroxylation is 1. The molecule has 0 aromatic heterocycles. The lowest BCUT2D eigenvalue weighted by atomic mass is 10.0. The molecule has 1 aliphatic heterocycles. The molecule has 5 heteroatoms. The van der Waals surface area contributed by atoms with E-state index in [1.807, 2.05) is 30.3 Å². The van der Waals surface area contributed by atoms with Crippen LogP contribution in [0.1, 0.15) is 17.2 Å². The molecule has 0 aliphatic carbocycles. The summed E-state index contributed by atoms with van der Waals surface area (Å²) in [5.41, 5.74) is 9.57. The van der Waals surface area contributed by atoms with Gasteiger partial charge in [-0.1, -0.05) is 35.9 Å². The Morgan fingerprint density at radius 2 is 2.05 bits per heavy atom. The Bertz CT molecular complexity index is 714. The average Bonchev–Trinajstić information content (AvgIpc) is 2.84. The summed E-state index contributed by atoms with van der Waals surface area (Å²) in [4.78, 5) is 6.48. The Kier molecular flexibility index (Phi) is 3.91. The van der Waals surface area contributed by atoms with Gasteiger partial charge in [0.15, 0.2) is 5.96 Å². The quantitative estimate of drug-likeness (QED) is 0.864. The second-order valence-electron chi connectivity index (χ2n) is 5.04. The third-order valence-corrected chi connectivity index (χ3v) is 4.93. The second-order valence-corrected chi connectivity index (χ2v) is 6.30. The zero-order chi connectivity index (χ0) is 15.0. The van der Waals surface area contributed by atoms with Crippen molar-refractivity contribution in [2.75, 3.05) is 11.4 Å². The lowest BCUT2D eigenvalue weighted by Gasteiger charge is -2.28. The Labute approximate surface area is 137 Å². The molecule has 3 nitrogen and oxygen atoms in total. The predicted octanol–water partition coefficient (Wildman–Crippen LogP) is 4.29. The third kappa shape index (κ3) is 2.65. The van der Waals surface area contributed by atoms with Crippen molar-refractivity contribution in [3.63, 3.8) is 0 Å². The van der Waals surface area contributed by atoms with Gasteiger partial charge in [0.2, 0.25) is 0 Å². The Balaban J connectivity index is 2.03. The molecule has 3 rings (SSSR count). The smallest absolute Gasteiger partial charge is 0.196 e. The van der Waals surface area contributed by atoms with Gasteiger partial charge in [-0.25, -0.2) is 0 Å². The number of hydrogen-bond acceptors (Lipinski definition) is 3. The van der Waals surface area contributed by atoms with Crippen LogP contribution >= 0.6 is 27.5 Å².